The maximum absolute atomic E-state index is 10.7. The van der Waals surface area contributed by atoms with E-state index in [1.807, 2.05) is 18.2 Å². The Hall–Kier alpha value is -2.14. The lowest BCUT2D eigenvalue weighted by molar-refractivity contribution is -0.137. The quantitative estimate of drug-likeness (QED) is 0.770. The van der Waals surface area contributed by atoms with E-state index < -0.39 is 5.97 Å². The molecule has 21 heavy (non-hydrogen) atoms. The van der Waals surface area contributed by atoms with Crippen LogP contribution >= 0.6 is 11.6 Å². The topological polar surface area (TPSA) is 79.3 Å². The van der Waals surface area contributed by atoms with Crippen molar-refractivity contribution in [3.05, 3.63) is 41.0 Å². The minimum absolute atomic E-state index is 0.00442. The van der Waals surface area contributed by atoms with Gasteiger partial charge in [0.15, 0.2) is 0 Å². The number of nitrogens with zero attached hydrogens (tertiary/aromatic N) is 1. The van der Waals surface area contributed by atoms with E-state index in [0.29, 0.717) is 24.3 Å². The largest absolute Gasteiger partial charge is 0.481 e. The molecule has 2 aromatic rings. The molecule has 1 aromatic carbocycles. The standard InChI is InChI=1S/C15H15ClN2O3/c16-13-5-3-10(15-12(13)2-1-7-17-15)8-11(18-9-19)4-6-14(20)21/h1-3,5,7,9,11H,4,6,8H2,(H,18,19)(H,20,21). The number of hydrogen-bond donors (Lipinski definition) is 2. The van der Waals surface area contributed by atoms with Gasteiger partial charge in [0.05, 0.1) is 5.52 Å². The maximum atomic E-state index is 10.7. The molecule has 0 saturated carbocycles. The molecule has 1 aromatic heterocycles. The molecule has 110 valence electrons. The third kappa shape index (κ3) is 3.92. The van der Waals surface area contributed by atoms with Crippen LogP contribution in [0, 0.1) is 0 Å². The molecule has 0 aliphatic rings. The van der Waals surface area contributed by atoms with Crippen molar-refractivity contribution < 1.29 is 14.7 Å². The van der Waals surface area contributed by atoms with Crippen molar-refractivity contribution >= 4 is 34.9 Å². The summed E-state index contributed by atoms with van der Waals surface area (Å²) in [6.07, 6.45) is 3.16. The summed E-state index contributed by atoms with van der Waals surface area (Å²) in [5.41, 5.74) is 1.71. The smallest absolute Gasteiger partial charge is 0.303 e. The van der Waals surface area contributed by atoms with Crippen molar-refractivity contribution in [1.29, 1.82) is 0 Å². The van der Waals surface area contributed by atoms with Crippen LogP contribution in [0.25, 0.3) is 10.9 Å². The Balaban J connectivity index is 2.26. The molecule has 6 heteroatoms. The van der Waals surface area contributed by atoms with E-state index in [2.05, 4.69) is 10.3 Å². The van der Waals surface area contributed by atoms with Crippen LogP contribution in [-0.4, -0.2) is 28.5 Å². The third-order valence-electron chi connectivity index (χ3n) is 3.28. The first-order valence-electron chi connectivity index (χ1n) is 6.55. The first-order chi connectivity index (χ1) is 10.1. The zero-order chi connectivity index (χ0) is 15.2. The first kappa shape index (κ1) is 15.3. The molecule has 0 saturated heterocycles. The van der Waals surface area contributed by atoms with Crippen molar-refractivity contribution in [3.63, 3.8) is 0 Å². The fourth-order valence-corrected chi connectivity index (χ4v) is 2.48. The number of fused-ring (bicyclic) bond motifs is 1. The number of aromatic nitrogens is 1. The van der Waals surface area contributed by atoms with E-state index in [0.717, 1.165) is 16.5 Å². The Morgan fingerprint density at radius 3 is 2.95 bits per heavy atom. The highest BCUT2D eigenvalue weighted by Gasteiger charge is 2.14. The van der Waals surface area contributed by atoms with Gasteiger partial charge in [-0.25, -0.2) is 0 Å². The minimum atomic E-state index is -0.883. The van der Waals surface area contributed by atoms with Gasteiger partial charge in [-0.2, -0.15) is 0 Å². The summed E-state index contributed by atoms with van der Waals surface area (Å²) >= 11 is 6.14. The van der Waals surface area contributed by atoms with Gasteiger partial charge in [-0.3, -0.25) is 14.6 Å². The lowest BCUT2D eigenvalue weighted by Gasteiger charge is -2.16. The van der Waals surface area contributed by atoms with Crippen LogP contribution in [0.1, 0.15) is 18.4 Å². The van der Waals surface area contributed by atoms with Crippen LogP contribution in [0.4, 0.5) is 0 Å². The molecule has 0 aliphatic heterocycles. The summed E-state index contributed by atoms with van der Waals surface area (Å²) in [6.45, 7) is 0. The average Bonchev–Trinajstić information content (AvgIpc) is 2.48. The second-order valence-corrected chi connectivity index (χ2v) is 5.13. The number of rotatable bonds is 7. The second kappa shape index (κ2) is 7.04. The van der Waals surface area contributed by atoms with E-state index in [-0.39, 0.29) is 12.5 Å². The van der Waals surface area contributed by atoms with Gasteiger partial charge < -0.3 is 10.4 Å². The molecule has 1 unspecified atom stereocenters. The Morgan fingerprint density at radius 2 is 2.24 bits per heavy atom. The number of carbonyl (C=O) groups is 2. The Kier molecular flexibility index (Phi) is 5.11. The number of carboxylic acids is 1. The molecular weight excluding hydrogens is 292 g/mol. The van der Waals surface area contributed by atoms with Gasteiger partial charge in [0.1, 0.15) is 0 Å². The second-order valence-electron chi connectivity index (χ2n) is 4.72. The Morgan fingerprint density at radius 1 is 1.43 bits per heavy atom. The van der Waals surface area contributed by atoms with Gasteiger partial charge in [-0.1, -0.05) is 17.7 Å². The van der Waals surface area contributed by atoms with Crippen LogP contribution in [0.3, 0.4) is 0 Å². The zero-order valence-corrected chi connectivity index (χ0v) is 12.0. The number of nitrogens with one attached hydrogen (secondary N) is 1. The van der Waals surface area contributed by atoms with Crippen LogP contribution in [-0.2, 0) is 16.0 Å². The molecule has 0 fully saturated rings. The number of hydrogen-bond acceptors (Lipinski definition) is 3. The monoisotopic (exact) mass is 306 g/mol. The molecule has 0 spiro atoms. The van der Waals surface area contributed by atoms with Crippen molar-refractivity contribution in [1.82, 2.24) is 10.3 Å². The van der Waals surface area contributed by atoms with E-state index in [1.165, 1.54) is 0 Å². The molecule has 0 bridgehead atoms. The summed E-state index contributed by atoms with van der Waals surface area (Å²) in [6, 6.07) is 7.09. The summed E-state index contributed by atoms with van der Waals surface area (Å²) in [4.78, 5) is 25.7. The Bertz CT molecular complexity index is 660. The minimum Gasteiger partial charge on any atom is -0.481 e. The van der Waals surface area contributed by atoms with E-state index in [9.17, 15) is 9.59 Å². The van der Waals surface area contributed by atoms with Gasteiger partial charge in [-0.15, -0.1) is 0 Å². The molecule has 1 amide bonds. The molecule has 0 aliphatic carbocycles. The summed E-state index contributed by atoms with van der Waals surface area (Å²) in [5, 5.41) is 12.9. The lowest BCUT2D eigenvalue weighted by atomic mass is 9.99. The predicted molar refractivity (Wildman–Crippen MR) is 80.3 cm³/mol. The molecule has 5 nitrogen and oxygen atoms in total. The van der Waals surface area contributed by atoms with Gasteiger partial charge in [-0.05, 0) is 36.6 Å². The van der Waals surface area contributed by atoms with Crippen molar-refractivity contribution in [2.24, 2.45) is 0 Å². The van der Waals surface area contributed by atoms with Crippen molar-refractivity contribution in [3.8, 4) is 0 Å². The van der Waals surface area contributed by atoms with E-state index in [4.69, 9.17) is 16.7 Å². The van der Waals surface area contributed by atoms with Crippen LogP contribution in [0.2, 0.25) is 5.02 Å². The van der Waals surface area contributed by atoms with Crippen LogP contribution in [0.5, 0.6) is 0 Å². The number of pyridine rings is 1. The van der Waals surface area contributed by atoms with E-state index in [1.54, 1.807) is 12.3 Å². The van der Waals surface area contributed by atoms with Gasteiger partial charge >= 0.3 is 5.97 Å². The highest BCUT2D eigenvalue weighted by atomic mass is 35.5. The van der Waals surface area contributed by atoms with Crippen LogP contribution in [0.15, 0.2) is 30.5 Å². The number of halogens is 1. The summed E-state index contributed by atoms with van der Waals surface area (Å²) < 4.78 is 0. The fourth-order valence-electron chi connectivity index (χ4n) is 2.26. The molecule has 2 rings (SSSR count). The number of carbonyl (C=O) groups excluding carboxylic acids is 1. The number of amides is 1. The molecular formula is C15H15ClN2O3. The van der Waals surface area contributed by atoms with Crippen LogP contribution < -0.4 is 5.32 Å². The lowest BCUT2D eigenvalue weighted by Crippen LogP contribution is -2.30. The van der Waals surface area contributed by atoms with Gasteiger partial charge in [0.2, 0.25) is 6.41 Å². The molecule has 2 N–H and O–H groups in total. The van der Waals surface area contributed by atoms with E-state index >= 15 is 0 Å². The first-order valence-corrected chi connectivity index (χ1v) is 6.93. The Labute approximate surface area is 126 Å². The molecule has 1 heterocycles. The highest BCUT2D eigenvalue weighted by molar-refractivity contribution is 6.35. The maximum Gasteiger partial charge on any atom is 0.303 e. The fraction of sp³-hybridized carbons (Fsp3) is 0.267. The average molecular weight is 307 g/mol. The number of aliphatic carboxylic acids is 1. The normalized spacial score (nSPS) is 12.0. The van der Waals surface area contributed by atoms with Gasteiger partial charge in [0, 0.05) is 29.1 Å². The zero-order valence-electron chi connectivity index (χ0n) is 11.3. The van der Waals surface area contributed by atoms with Crippen molar-refractivity contribution in [2.75, 3.05) is 0 Å². The SMILES string of the molecule is O=CNC(CCC(=O)O)Cc1ccc(Cl)c2cccnc12. The summed E-state index contributed by atoms with van der Waals surface area (Å²) in [5.74, 6) is -0.883. The summed E-state index contributed by atoms with van der Waals surface area (Å²) in [7, 11) is 0. The van der Waals surface area contributed by atoms with Gasteiger partial charge in [0.25, 0.3) is 0 Å². The van der Waals surface area contributed by atoms with Crippen molar-refractivity contribution in [2.45, 2.75) is 25.3 Å². The highest BCUT2D eigenvalue weighted by Crippen LogP contribution is 2.25. The predicted octanol–water partition coefficient (Wildman–Crippen LogP) is 2.41. The third-order valence-corrected chi connectivity index (χ3v) is 3.61. The number of benzene rings is 1. The molecule has 0 radical (unpaired) electrons. The number of carboxylic acid groups (broad SMARTS) is 1. The molecule has 1 atom stereocenters.